The van der Waals surface area contributed by atoms with Gasteiger partial charge in [-0.05, 0) is 19.4 Å². The van der Waals surface area contributed by atoms with Gasteiger partial charge in [0.1, 0.15) is 6.33 Å². The highest BCUT2D eigenvalue weighted by atomic mass is 16.5. The predicted molar refractivity (Wildman–Crippen MR) is 84.3 cm³/mol. The highest BCUT2D eigenvalue weighted by molar-refractivity contribution is 5.98. The SMILES string of the molecule is CCN(CC(=O)O)C1CC(NC(=O)c2c(OC)ncnc2OC)C1. The van der Waals surface area contributed by atoms with E-state index in [1.807, 2.05) is 11.8 Å². The summed E-state index contributed by atoms with van der Waals surface area (Å²) in [6, 6.07) is 0.132. The van der Waals surface area contributed by atoms with Gasteiger partial charge in [-0.1, -0.05) is 6.92 Å². The maximum atomic E-state index is 12.5. The van der Waals surface area contributed by atoms with Gasteiger partial charge in [-0.2, -0.15) is 0 Å². The molecule has 2 rings (SSSR count). The van der Waals surface area contributed by atoms with Gasteiger partial charge in [0.25, 0.3) is 5.91 Å². The lowest BCUT2D eigenvalue weighted by Crippen LogP contribution is -2.54. The van der Waals surface area contributed by atoms with Crippen LogP contribution in [0.4, 0.5) is 0 Å². The highest BCUT2D eigenvalue weighted by Gasteiger charge is 2.35. The molecular weight excluding hydrogens is 316 g/mol. The van der Waals surface area contributed by atoms with Crippen molar-refractivity contribution in [3.63, 3.8) is 0 Å². The number of carbonyl (C=O) groups is 2. The second-order valence-electron chi connectivity index (χ2n) is 5.52. The third kappa shape index (κ3) is 3.91. The number of aromatic nitrogens is 2. The number of carbonyl (C=O) groups excluding carboxylic acids is 1. The summed E-state index contributed by atoms with van der Waals surface area (Å²) in [5, 5.41) is 11.8. The number of rotatable bonds is 8. The van der Waals surface area contributed by atoms with Crippen LogP contribution in [-0.2, 0) is 4.79 Å². The molecule has 24 heavy (non-hydrogen) atoms. The largest absolute Gasteiger partial charge is 0.480 e. The molecule has 9 heteroatoms. The minimum Gasteiger partial charge on any atom is -0.480 e. The first-order valence-electron chi connectivity index (χ1n) is 7.69. The summed E-state index contributed by atoms with van der Waals surface area (Å²) in [6.45, 7) is 2.59. The normalized spacial score (nSPS) is 19.5. The van der Waals surface area contributed by atoms with E-state index in [1.165, 1.54) is 20.5 Å². The Morgan fingerprint density at radius 2 is 1.88 bits per heavy atom. The molecule has 0 unspecified atom stereocenters. The summed E-state index contributed by atoms with van der Waals surface area (Å²) in [5.74, 6) is -0.915. The number of carboxylic acid groups (broad SMARTS) is 1. The molecule has 9 nitrogen and oxygen atoms in total. The van der Waals surface area contributed by atoms with Crippen molar-refractivity contribution < 1.29 is 24.2 Å². The summed E-state index contributed by atoms with van der Waals surface area (Å²) in [6.07, 6.45) is 2.66. The van der Waals surface area contributed by atoms with Crippen molar-refractivity contribution in [1.29, 1.82) is 0 Å². The van der Waals surface area contributed by atoms with E-state index in [0.717, 1.165) is 0 Å². The quantitative estimate of drug-likeness (QED) is 0.689. The van der Waals surface area contributed by atoms with Crippen molar-refractivity contribution in [3.05, 3.63) is 11.9 Å². The first-order chi connectivity index (χ1) is 11.5. The van der Waals surface area contributed by atoms with Gasteiger partial charge in [0, 0.05) is 12.1 Å². The average Bonchev–Trinajstić information content (AvgIpc) is 2.54. The third-order valence-electron chi connectivity index (χ3n) is 4.10. The average molecular weight is 338 g/mol. The molecule has 0 atom stereocenters. The van der Waals surface area contributed by atoms with Crippen molar-refractivity contribution in [3.8, 4) is 11.8 Å². The molecule has 0 radical (unpaired) electrons. The van der Waals surface area contributed by atoms with E-state index in [1.54, 1.807) is 0 Å². The summed E-state index contributed by atoms with van der Waals surface area (Å²) >= 11 is 0. The number of amides is 1. The molecule has 2 N–H and O–H groups in total. The van der Waals surface area contributed by atoms with Gasteiger partial charge in [-0.15, -0.1) is 0 Å². The molecule has 1 fully saturated rings. The number of aliphatic carboxylic acids is 1. The molecule has 1 amide bonds. The monoisotopic (exact) mass is 338 g/mol. The van der Waals surface area contributed by atoms with Crippen LogP contribution in [0.5, 0.6) is 11.8 Å². The first kappa shape index (κ1) is 17.9. The fourth-order valence-electron chi connectivity index (χ4n) is 2.79. The van der Waals surface area contributed by atoms with E-state index in [0.29, 0.717) is 19.4 Å². The lowest BCUT2D eigenvalue weighted by Gasteiger charge is -2.42. The van der Waals surface area contributed by atoms with Crippen molar-refractivity contribution in [1.82, 2.24) is 20.2 Å². The lowest BCUT2D eigenvalue weighted by molar-refractivity contribution is -0.139. The second-order valence-corrected chi connectivity index (χ2v) is 5.52. The standard InChI is InChI=1S/C15H22N4O5/c1-4-19(7-11(20)21)10-5-9(6-10)18-13(22)12-14(23-2)16-8-17-15(12)24-3/h8-10H,4-7H2,1-3H3,(H,18,22)(H,20,21). The zero-order valence-corrected chi connectivity index (χ0v) is 14.0. The number of nitrogens with one attached hydrogen (secondary N) is 1. The zero-order valence-electron chi connectivity index (χ0n) is 14.0. The molecule has 0 spiro atoms. The summed E-state index contributed by atoms with van der Waals surface area (Å²) < 4.78 is 10.2. The second kappa shape index (κ2) is 7.91. The fraction of sp³-hybridized carbons (Fsp3) is 0.600. The number of hydrogen-bond donors (Lipinski definition) is 2. The Bertz CT molecular complexity index is 581. The van der Waals surface area contributed by atoms with Crippen LogP contribution in [0.25, 0.3) is 0 Å². The summed E-state index contributed by atoms with van der Waals surface area (Å²) in [5.41, 5.74) is 0.156. The lowest BCUT2D eigenvalue weighted by atomic mass is 9.85. The topological polar surface area (TPSA) is 114 Å². The van der Waals surface area contributed by atoms with E-state index in [9.17, 15) is 9.59 Å². The van der Waals surface area contributed by atoms with Gasteiger partial charge in [-0.3, -0.25) is 14.5 Å². The van der Waals surface area contributed by atoms with Gasteiger partial charge in [0.15, 0.2) is 5.56 Å². The molecule has 1 aliphatic carbocycles. The Morgan fingerprint density at radius 3 is 2.33 bits per heavy atom. The van der Waals surface area contributed by atoms with Crippen LogP contribution >= 0.6 is 0 Å². The van der Waals surface area contributed by atoms with Gasteiger partial charge < -0.3 is 19.9 Å². The third-order valence-corrected chi connectivity index (χ3v) is 4.10. The zero-order chi connectivity index (χ0) is 17.7. The molecular formula is C15H22N4O5. The maximum Gasteiger partial charge on any atom is 0.317 e. The molecule has 1 aliphatic rings. The van der Waals surface area contributed by atoms with Gasteiger partial charge in [-0.25, -0.2) is 9.97 Å². The Morgan fingerprint density at radius 1 is 1.29 bits per heavy atom. The Hall–Kier alpha value is -2.42. The number of ether oxygens (including phenoxy) is 2. The van der Waals surface area contributed by atoms with Crippen molar-refractivity contribution in [2.24, 2.45) is 0 Å². The molecule has 0 aromatic carbocycles. The van der Waals surface area contributed by atoms with Gasteiger partial charge in [0.05, 0.1) is 20.8 Å². The van der Waals surface area contributed by atoms with Crippen LogP contribution in [0, 0.1) is 0 Å². The molecule has 0 bridgehead atoms. The molecule has 1 aromatic rings. The minimum absolute atomic E-state index is 0.00992. The van der Waals surface area contributed by atoms with Gasteiger partial charge in [0.2, 0.25) is 11.8 Å². The number of carboxylic acids is 1. The maximum absolute atomic E-state index is 12.5. The highest BCUT2D eigenvalue weighted by Crippen LogP contribution is 2.28. The Balaban J connectivity index is 1.97. The number of methoxy groups -OCH3 is 2. The van der Waals surface area contributed by atoms with Crippen LogP contribution in [0.15, 0.2) is 6.33 Å². The molecule has 1 heterocycles. The molecule has 1 saturated carbocycles. The molecule has 0 saturated heterocycles. The summed E-state index contributed by atoms with van der Waals surface area (Å²) in [7, 11) is 2.84. The van der Waals surface area contributed by atoms with E-state index in [2.05, 4.69) is 15.3 Å². The van der Waals surface area contributed by atoms with Gasteiger partial charge >= 0.3 is 5.97 Å². The van der Waals surface area contributed by atoms with Crippen LogP contribution in [0.1, 0.15) is 30.1 Å². The minimum atomic E-state index is -0.847. The predicted octanol–water partition coefficient (Wildman–Crippen LogP) is 0.161. The fourth-order valence-corrected chi connectivity index (χ4v) is 2.79. The smallest absolute Gasteiger partial charge is 0.317 e. The van der Waals surface area contributed by atoms with Crippen molar-refractivity contribution in [2.45, 2.75) is 31.8 Å². The summed E-state index contributed by atoms with van der Waals surface area (Å²) in [4.78, 5) is 33.0. The number of likely N-dealkylation sites (N-methyl/N-ethyl adjacent to an activating group) is 1. The van der Waals surface area contributed by atoms with E-state index < -0.39 is 5.97 Å². The Labute approximate surface area is 140 Å². The van der Waals surface area contributed by atoms with Crippen LogP contribution in [0.3, 0.4) is 0 Å². The van der Waals surface area contributed by atoms with Crippen LogP contribution in [0.2, 0.25) is 0 Å². The number of nitrogens with zero attached hydrogens (tertiary/aromatic N) is 3. The van der Waals surface area contributed by atoms with E-state index in [-0.39, 0.29) is 41.9 Å². The van der Waals surface area contributed by atoms with Crippen LogP contribution in [-0.4, -0.2) is 71.2 Å². The number of hydrogen-bond acceptors (Lipinski definition) is 7. The van der Waals surface area contributed by atoms with Crippen molar-refractivity contribution in [2.75, 3.05) is 27.3 Å². The van der Waals surface area contributed by atoms with E-state index in [4.69, 9.17) is 14.6 Å². The van der Waals surface area contributed by atoms with Crippen molar-refractivity contribution >= 4 is 11.9 Å². The van der Waals surface area contributed by atoms with Crippen LogP contribution < -0.4 is 14.8 Å². The molecule has 132 valence electrons. The first-order valence-corrected chi connectivity index (χ1v) is 7.69. The molecule has 0 aliphatic heterocycles. The molecule has 1 aromatic heterocycles. The van der Waals surface area contributed by atoms with E-state index >= 15 is 0 Å². The Kier molecular flexibility index (Phi) is 5.91.